The van der Waals surface area contributed by atoms with Crippen molar-refractivity contribution in [3.63, 3.8) is 0 Å². The van der Waals surface area contributed by atoms with E-state index in [4.69, 9.17) is 0 Å². The highest BCUT2D eigenvalue weighted by Gasteiger charge is 2.08. The molecule has 1 fully saturated rings. The summed E-state index contributed by atoms with van der Waals surface area (Å²) in [7, 11) is 0. The van der Waals surface area contributed by atoms with Crippen molar-refractivity contribution in [2.75, 3.05) is 19.3 Å². The Morgan fingerprint density at radius 2 is 2.22 bits per heavy atom. The molecule has 1 unspecified atom stereocenters. The molecule has 54 valence electrons. The van der Waals surface area contributed by atoms with Gasteiger partial charge in [0.2, 0.25) is 0 Å². The van der Waals surface area contributed by atoms with Gasteiger partial charge in [-0.2, -0.15) is 11.8 Å². The molecular formula is C7H15NS. The number of hydrogen-bond acceptors (Lipinski definition) is 2. The average Bonchev–Trinajstić information content (AvgIpc) is 2.13. The van der Waals surface area contributed by atoms with E-state index in [0.717, 1.165) is 5.25 Å². The summed E-state index contributed by atoms with van der Waals surface area (Å²) in [4.78, 5) is 0. The SMILES string of the molecule is CSC1CCCNCC1. The first-order valence-corrected chi connectivity index (χ1v) is 4.96. The Hall–Kier alpha value is 0.310. The second kappa shape index (κ2) is 4.18. The first kappa shape index (κ1) is 7.42. The molecule has 0 aromatic carbocycles. The molecule has 0 aromatic rings. The summed E-state index contributed by atoms with van der Waals surface area (Å²) in [5.74, 6) is 0. The minimum atomic E-state index is 0.931. The van der Waals surface area contributed by atoms with E-state index in [-0.39, 0.29) is 0 Å². The molecule has 1 rings (SSSR count). The lowest BCUT2D eigenvalue weighted by atomic mass is 10.2. The lowest BCUT2D eigenvalue weighted by Gasteiger charge is -2.07. The van der Waals surface area contributed by atoms with Crippen molar-refractivity contribution in [1.82, 2.24) is 5.32 Å². The molecule has 1 nitrogen and oxygen atoms in total. The molecular weight excluding hydrogens is 130 g/mol. The summed E-state index contributed by atoms with van der Waals surface area (Å²) < 4.78 is 0. The van der Waals surface area contributed by atoms with Gasteiger partial charge in [0.15, 0.2) is 0 Å². The minimum Gasteiger partial charge on any atom is -0.317 e. The molecule has 9 heavy (non-hydrogen) atoms. The van der Waals surface area contributed by atoms with Gasteiger partial charge < -0.3 is 5.32 Å². The third-order valence-electron chi connectivity index (χ3n) is 1.86. The average molecular weight is 145 g/mol. The van der Waals surface area contributed by atoms with Crippen LogP contribution in [0.5, 0.6) is 0 Å². The molecule has 0 amide bonds. The first-order valence-electron chi connectivity index (χ1n) is 3.67. The van der Waals surface area contributed by atoms with Crippen molar-refractivity contribution in [2.45, 2.75) is 24.5 Å². The number of rotatable bonds is 1. The topological polar surface area (TPSA) is 12.0 Å². The van der Waals surface area contributed by atoms with Gasteiger partial charge in [0.1, 0.15) is 0 Å². The van der Waals surface area contributed by atoms with Gasteiger partial charge in [-0.05, 0) is 38.6 Å². The molecule has 1 saturated heterocycles. The Bertz CT molecular complexity index is 67.3. The van der Waals surface area contributed by atoms with Crippen LogP contribution in [0.25, 0.3) is 0 Å². The molecule has 0 radical (unpaired) electrons. The molecule has 0 saturated carbocycles. The van der Waals surface area contributed by atoms with Crippen LogP contribution in [0.4, 0.5) is 0 Å². The fraction of sp³-hybridized carbons (Fsp3) is 1.00. The highest BCUT2D eigenvalue weighted by molar-refractivity contribution is 7.99. The summed E-state index contributed by atoms with van der Waals surface area (Å²) in [5, 5.41) is 4.33. The summed E-state index contributed by atoms with van der Waals surface area (Å²) in [6.45, 7) is 2.46. The second-order valence-electron chi connectivity index (χ2n) is 2.54. The summed E-state index contributed by atoms with van der Waals surface area (Å²) in [6.07, 6.45) is 6.36. The van der Waals surface area contributed by atoms with Crippen molar-refractivity contribution >= 4 is 11.8 Å². The van der Waals surface area contributed by atoms with Gasteiger partial charge in [-0.25, -0.2) is 0 Å². The minimum absolute atomic E-state index is 0.931. The zero-order valence-corrected chi connectivity index (χ0v) is 6.84. The highest BCUT2D eigenvalue weighted by Crippen LogP contribution is 2.17. The van der Waals surface area contributed by atoms with E-state index in [9.17, 15) is 0 Å². The normalized spacial score (nSPS) is 29.7. The van der Waals surface area contributed by atoms with Crippen LogP contribution in [0, 0.1) is 0 Å². The van der Waals surface area contributed by atoms with Gasteiger partial charge in [-0.15, -0.1) is 0 Å². The molecule has 1 aliphatic heterocycles. The molecule has 1 atom stereocenters. The Kier molecular flexibility index (Phi) is 3.44. The van der Waals surface area contributed by atoms with Gasteiger partial charge in [-0.3, -0.25) is 0 Å². The van der Waals surface area contributed by atoms with Gasteiger partial charge in [0.25, 0.3) is 0 Å². The molecule has 1 N–H and O–H groups in total. The van der Waals surface area contributed by atoms with Crippen LogP contribution in [0.3, 0.4) is 0 Å². The number of hydrogen-bond donors (Lipinski definition) is 1. The van der Waals surface area contributed by atoms with E-state index in [1.54, 1.807) is 0 Å². The zero-order chi connectivity index (χ0) is 6.53. The predicted octanol–water partition coefficient (Wildman–Crippen LogP) is 1.49. The van der Waals surface area contributed by atoms with Crippen LogP contribution < -0.4 is 5.32 Å². The van der Waals surface area contributed by atoms with Crippen LogP contribution in [0.2, 0.25) is 0 Å². The second-order valence-corrected chi connectivity index (χ2v) is 3.68. The maximum atomic E-state index is 3.40. The lowest BCUT2D eigenvalue weighted by molar-refractivity contribution is 0.703. The third kappa shape index (κ3) is 2.59. The van der Waals surface area contributed by atoms with Gasteiger partial charge in [0.05, 0.1) is 0 Å². The Morgan fingerprint density at radius 1 is 1.33 bits per heavy atom. The van der Waals surface area contributed by atoms with Crippen LogP contribution >= 0.6 is 11.8 Å². The molecule has 1 heterocycles. The fourth-order valence-corrected chi connectivity index (χ4v) is 1.98. The number of nitrogens with one attached hydrogen (secondary N) is 1. The van der Waals surface area contributed by atoms with Gasteiger partial charge in [-0.1, -0.05) is 0 Å². The zero-order valence-electron chi connectivity index (χ0n) is 6.02. The maximum Gasteiger partial charge on any atom is 0.00568 e. The van der Waals surface area contributed by atoms with Crippen molar-refractivity contribution in [1.29, 1.82) is 0 Å². The lowest BCUT2D eigenvalue weighted by Crippen LogP contribution is -2.14. The van der Waals surface area contributed by atoms with Crippen LogP contribution in [-0.2, 0) is 0 Å². The van der Waals surface area contributed by atoms with E-state index < -0.39 is 0 Å². The van der Waals surface area contributed by atoms with E-state index in [0.29, 0.717) is 0 Å². The quantitative estimate of drug-likeness (QED) is 0.600. The van der Waals surface area contributed by atoms with Gasteiger partial charge in [0, 0.05) is 5.25 Å². The monoisotopic (exact) mass is 145 g/mol. The Morgan fingerprint density at radius 3 is 3.00 bits per heavy atom. The highest BCUT2D eigenvalue weighted by atomic mass is 32.2. The molecule has 0 aromatic heterocycles. The van der Waals surface area contributed by atoms with E-state index >= 15 is 0 Å². The van der Waals surface area contributed by atoms with E-state index in [1.807, 2.05) is 11.8 Å². The smallest absolute Gasteiger partial charge is 0.00568 e. The number of thioether (sulfide) groups is 1. The molecule has 0 spiro atoms. The summed E-state index contributed by atoms with van der Waals surface area (Å²) in [5.41, 5.74) is 0. The molecule has 0 bridgehead atoms. The van der Waals surface area contributed by atoms with E-state index in [2.05, 4.69) is 11.6 Å². The van der Waals surface area contributed by atoms with Crippen molar-refractivity contribution in [2.24, 2.45) is 0 Å². The van der Waals surface area contributed by atoms with Crippen LogP contribution in [-0.4, -0.2) is 24.6 Å². The maximum absolute atomic E-state index is 3.40. The molecule has 1 aliphatic rings. The summed E-state index contributed by atoms with van der Waals surface area (Å²) in [6, 6.07) is 0. The van der Waals surface area contributed by atoms with Crippen molar-refractivity contribution in [3.8, 4) is 0 Å². The van der Waals surface area contributed by atoms with Crippen LogP contribution in [0.1, 0.15) is 19.3 Å². The predicted molar refractivity (Wildman–Crippen MR) is 44.0 cm³/mol. The van der Waals surface area contributed by atoms with Gasteiger partial charge >= 0.3 is 0 Å². The summed E-state index contributed by atoms with van der Waals surface area (Å²) >= 11 is 2.02. The molecule has 0 aliphatic carbocycles. The largest absolute Gasteiger partial charge is 0.317 e. The Labute approximate surface area is 61.6 Å². The first-order chi connectivity index (χ1) is 4.43. The van der Waals surface area contributed by atoms with Crippen LogP contribution in [0.15, 0.2) is 0 Å². The fourth-order valence-electron chi connectivity index (χ4n) is 1.22. The molecule has 2 heteroatoms. The van der Waals surface area contributed by atoms with E-state index in [1.165, 1.54) is 32.4 Å². The van der Waals surface area contributed by atoms with Crippen molar-refractivity contribution < 1.29 is 0 Å². The third-order valence-corrected chi connectivity index (χ3v) is 2.99. The Balaban J connectivity index is 2.18. The van der Waals surface area contributed by atoms with Crippen molar-refractivity contribution in [3.05, 3.63) is 0 Å². The standard InChI is InChI=1S/C7H15NS/c1-9-7-3-2-5-8-6-4-7/h7-8H,2-6H2,1H3.